The highest BCUT2D eigenvalue weighted by Gasteiger charge is 2.27. The third-order valence-corrected chi connectivity index (χ3v) is 7.60. The average Bonchev–Trinajstić information content (AvgIpc) is 2.96. The Bertz CT molecular complexity index is 1840. The van der Waals surface area contributed by atoms with Crippen molar-refractivity contribution < 1.29 is 13.6 Å². The number of nitrogens with one attached hydrogen (secondary N) is 2. The van der Waals surface area contributed by atoms with E-state index in [0.717, 1.165) is 43.0 Å². The summed E-state index contributed by atoms with van der Waals surface area (Å²) in [5, 5.41) is 15.7. The molecular formula is C33H30F2N6O2. The number of carbonyl (C=O) groups is 1. The summed E-state index contributed by atoms with van der Waals surface area (Å²) in [6, 6.07) is 13.1. The molecule has 0 unspecified atom stereocenters. The van der Waals surface area contributed by atoms with Gasteiger partial charge in [-0.05, 0) is 86.2 Å². The predicted molar refractivity (Wildman–Crippen MR) is 163 cm³/mol. The molecule has 4 aromatic rings. The van der Waals surface area contributed by atoms with Crippen LogP contribution in [-0.4, -0.2) is 22.0 Å². The van der Waals surface area contributed by atoms with Gasteiger partial charge in [-0.2, -0.15) is 5.26 Å². The first-order chi connectivity index (χ1) is 20.7. The van der Waals surface area contributed by atoms with Crippen molar-refractivity contribution in [3.05, 3.63) is 106 Å². The Hall–Kier alpha value is -5.30. The van der Waals surface area contributed by atoms with Gasteiger partial charge in [0.05, 0.1) is 5.56 Å². The summed E-state index contributed by atoms with van der Waals surface area (Å²) in [6.45, 7) is 4.62. The van der Waals surface area contributed by atoms with Crippen molar-refractivity contribution in [2.75, 3.05) is 17.6 Å². The maximum Gasteiger partial charge on any atom is 0.261 e. The molecule has 1 saturated carbocycles. The van der Waals surface area contributed by atoms with Gasteiger partial charge in [0.1, 0.15) is 34.8 Å². The van der Waals surface area contributed by atoms with E-state index in [4.69, 9.17) is 5.73 Å². The van der Waals surface area contributed by atoms with Gasteiger partial charge in [0.15, 0.2) is 0 Å². The van der Waals surface area contributed by atoms with Crippen molar-refractivity contribution in [2.24, 2.45) is 0 Å². The fourth-order valence-corrected chi connectivity index (χ4v) is 5.00. The monoisotopic (exact) mass is 580 g/mol. The number of anilines is 2. The van der Waals surface area contributed by atoms with Crippen LogP contribution in [0.3, 0.4) is 0 Å². The lowest BCUT2D eigenvalue weighted by atomic mass is 9.91. The zero-order chi connectivity index (χ0) is 30.7. The van der Waals surface area contributed by atoms with Gasteiger partial charge >= 0.3 is 0 Å². The molecule has 43 heavy (non-hydrogen) atoms. The molecule has 1 aliphatic carbocycles. The second kappa shape index (κ2) is 12.3. The van der Waals surface area contributed by atoms with E-state index >= 15 is 4.39 Å². The quantitative estimate of drug-likeness (QED) is 0.226. The van der Waals surface area contributed by atoms with Gasteiger partial charge in [-0.15, -0.1) is 0 Å². The first-order valence-electron chi connectivity index (χ1n) is 13.9. The van der Waals surface area contributed by atoms with Crippen molar-refractivity contribution >= 4 is 23.0 Å². The smallest absolute Gasteiger partial charge is 0.261 e. The number of pyridine rings is 2. The second-order valence-corrected chi connectivity index (χ2v) is 10.4. The highest BCUT2D eigenvalue weighted by atomic mass is 19.1. The fourth-order valence-electron chi connectivity index (χ4n) is 5.00. The number of amides is 1. The van der Waals surface area contributed by atoms with Crippen molar-refractivity contribution in [3.63, 3.8) is 0 Å². The van der Waals surface area contributed by atoms with E-state index in [0.29, 0.717) is 11.1 Å². The normalized spacial score (nSPS) is 13.2. The van der Waals surface area contributed by atoms with Crippen LogP contribution in [0, 0.1) is 23.0 Å². The fraction of sp³-hybridized carbons (Fsp3) is 0.212. The summed E-state index contributed by atoms with van der Waals surface area (Å²) in [5.41, 5.74) is 8.04. The molecule has 0 atom stereocenters. The minimum absolute atomic E-state index is 0.0184. The first kappa shape index (κ1) is 29.2. The van der Waals surface area contributed by atoms with Gasteiger partial charge < -0.3 is 20.9 Å². The molecule has 1 amide bonds. The van der Waals surface area contributed by atoms with Gasteiger partial charge in [-0.1, -0.05) is 12.1 Å². The van der Waals surface area contributed by atoms with Crippen LogP contribution >= 0.6 is 0 Å². The van der Waals surface area contributed by atoms with Gasteiger partial charge in [0.2, 0.25) is 5.43 Å². The number of nitriles is 1. The number of nitrogens with zero attached hydrogens (tertiary/aromatic N) is 3. The lowest BCUT2D eigenvalue weighted by Crippen LogP contribution is -2.29. The molecule has 8 nitrogen and oxygen atoms in total. The first-order valence-corrected chi connectivity index (χ1v) is 13.9. The highest BCUT2D eigenvalue weighted by molar-refractivity contribution is 6.05. The Morgan fingerprint density at radius 3 is 2.53 bits per heavy atom. The number of nitrogen functional groups attached to an aromatic ring is 1. The van der Waals surface area contributed by atoms with Crippen molar-refractivity contribution in [1.29, 1.82) is 5.26 Å². The van der Waals surface area contributed by atoms with Crippen molar-refractivity contribution in [3.8, 4) is 28.3 Å². The van der Waals surface area contributed by atoms with Crippen LogP contribution in [0.2, 0.25) is 0 Å². The van der Waals surface area contributed by atoms with Crippen molar-refractivity contribution in [1.82, 2.24) is 14.9 Å². The summed E-state index contributed by atoms with van der Waals surface area (Å²) in [4.78, 5) is 31.3. The lowest BCUT2D eigenvalue weighted by Gasteiger charge is -2.30. The number of aromatic nitrogens is 2. The number of allylic oxidation sites excluding steroid dienone is 1. The molecule has 4 N–H and O–H groups in total. The number of nitrogens with two attached hydrogens (primary N) is 1. The summed E-state index contributed by atoms with van der Waals surface area (Å²) >= 11 is 0. The summed E-state index contributed by atoms with van der Waals surface area (Å²) < 4.78 is 30.7. The Morgan fingerprint density at radius 2 is 1.91 bits per heavy atom. The van der Waals surface area contributed by atoms with Gasteiger partial charge in [-0.3, -0.25) is 9.59 Å². The van der Waals surface area contributed by atoms with E-state index in [9.17, 15) is 19.2 Å². The molecule has 2 aromatic carbocycles. The standard InChI is InChI=1S/C33H30F2N6O2/c1-3-38-16-19(2)21-13-26(32(37)39-17-21)25-12-11-23(14-28(25)35)40-33(43)27-18-41(24-5-4-6-24)29(15-36)30(31(27)42)20-7-9-22(34)10-8-20/h7-14,16-18,24,38H,3-6H2,1-2H3,(H2,37,39)(H,40,43)/b19-16+. The number of benzene rings is 2. The summed E-state index contributed by atoms with van der Waals surface area (Å²) in [6.07, 6.45) is 7.38. The van der Waals surface area contributed by atoms with E-state index in [1.807, 2.05) is 20.0 Å². The third-order valence-electron chi connectivity index (χ3n) is 7.60. The largest absolute Gasteiger partial charge is 0.391 e. The molecular weight excluding hydrogens is 550 g/mol. The molecule has 2 aromatic heterocycles. The molecule has 2 heterocycles. The molecule has 1 fully saturated rings. The van der Waals surface area contributed by atoms with E-state index < -0.39 is 23.0 Å². The van der Waals surface area contributed by atoms with Crippen LogP contribution < -0.4 is 21.8 Å². The topological polar surface area (TPSA) is 126 Å². The van der Waals surface area contributed by atoms with Gasteiger partial charge in [0, 0.05) is 48.0 Å². The predicted octanol–water partition coefficient (Wildman–Crippen LogP) is 6.26. The van der Waals surface area contributed by atoms with Crippen LogP contribution in [0.5, 0.6) is 0 Å². The van der Waals surface area contributed by atoms with Crippen LogP contribution in [0.25, 0.3) is 27.8 Å². The number of halogens is 2. The Balaban J connectivity index is 1.50. The third kappa shape index (κ3) is 5.88. The minimum Gasteiger partial charge on any atom is -0.391 e. The number of rotatable bonds is 8. The Labute approximate surface area is 247 Å². The van der Waals surface area contributed by atoms with Crippen LogP contribution in [0.1, 0.15) is 60.8 Å². The summed E-state index contributed by atoms with van der Waals surface area (Å²) in [7, 11) is 0. The van der Waals surface area contributed by atoms with Crippen LogP contribution in [-0.2, 0) is 0 Å². The SMILES string of the molecule is CCN/C=C(\C)c1cnc(N)c(-c2ccc(NC(=O)c3cn(C4CCC4)c(C#N)c(-c4ccc(F)cc4)c3=O)cc2F)c1. The number of hydrogen-bond donors (Lipinski definition) is 3. The maximum absolute atomic E-state index is 15.4. The van der Waals surface area contributed by atoms with Gasteiger partial charge in [0.25, 0.3) is 5.91 Å². The van der Waals surface area contributed by atoms with Gasteiger partial charge in [-0.25, -0.2) is 13.8 Å². The Kier molecular flexibility index (Phi) is 8.34. The van der Waals surface area contributed by atoms with E-state index in [1.54, 1.807) is 16.8 Å². The molecule has 1 aliphatic rings. The lowest BCUT2D eigenvalue weighted by molar-refractivity contribution is 0.102. The zero-order valence-corrected chi connectivity index (χ0v) is 23.7. The molecule has 0 aliphatic heterocycles. The molecule has 0 spiro atoms. The molecule has 10 heteroatoms. The van der Waals surface area contributed by atoms with E-state index in [1.165, 1.54) is 42.6 Å². The average molecular weight is 581 g/mol. The van der Waals surface area contributed by atoms with Crippen molar-refractivity contribution in [2.45, 2.75) is 39.2 Å². The summed E-state index contributed by atoms with van der Waals surface area (Å²) in [5.74, 6) is -1.75. The number of carbonyl (C=O) groups excluding carboxylic acids is 1. The molecule has 0 saturated heterocycles. The van der Waals surface area contributed by atoms with Crippen LogP contribution in [0.4, 0.5) is 20.3 Å². The molecule has 5 rings (SSSR count). The number of hydrogen-bond acceptors (Lipinski definition) is 6. The molecule has 0 bridgehead atoms. The second-order valence-electron chi connectivity index (χ2n) is 10.4. The maximum atomic E-state index is 15.4. The molecule has 218 valence electrons. The zero-order valence-electron chi connectivity index (χ0n) is 23.7. The Morgan fingerprint density at radius 1 is 1.16 bits per heavy atom. The molecule has 0 radical (unpaired) electrons. The highest BCUT2D eigenvalue weighted by Crippen LogP contribution is 2.35. The minimum atomic E-state index is -0.759. The van der Waals surface area contributed by atoms with Crippen LogP contribution in [0.15, 0.2) is 71.9 Å². The van der Waals surface area contributed by atoms with E-state index in [-0.39, 0.29) is 39.9 Å². The van der Waals surface area contributed by atoms with E-state index in [2.05, 4.69) is 21.7 Å².